The van der Waals surface area contributed by atoms with Crippen LogP contribution in [0, 0.1) is 0 Å². The van der Waals surface area contributed by atoms with Crippen molar-refractivity contribution in [2.24, 2.45) is 0 Å². The van der Waals surface area contributed by atoms with Crippen LogP contribution in [0.5, 0.6) is 5.75 Å². The van der Waals surface area contributed by atoms with Crippen molar-refractivity contribution in [2.45, 2.75) is 25.5 Å². The number of hydrogen-bond acceptors (Lipinski definition) is 5. The first-order chi connectivity index (χ1) is 13.2. The molecule has 28 heavy (non-hydrogen) atoms. The van der Waals surface area contributed by atoms with Crippen LogP contribution in [0.25, 0.3) is 0 Å². The van der Waals surface area contributed by atoms with Gasteiger partial charge in [-0.05, 0) is 36.6 Å². The highest BCUT2D eigenvalue weighted by atomic mass is 35.5. The third-order valence-electron chi connectivity index (χ3n) is 4.93. The summed E-state index contributed by atoms with van der Waals surface area (Å²) in [6.45, 7) is 4.80. The van der Waals surface area contributed by atoms with Gasteiger partial charge in [-0.3, -0.25) is 4.90 Å². The minimum atomic E-state index is -0.381. The Hall–Kier alpha value is -2.08. The molecular formula is C22H28ClNO4. The highest BCUT2D eigenvalue weighted by Gasteiger charge is 2.25. The largest absolute Gasteiger partial charge is 0.482 e. The summed E-state index contributed by atoms with van der Waals surface area (Å²) in [4.78, 5) is 13.6. The predicted octanol–water partition coefficient (Wildman–Crippen LogP) is 3.66. The zero-order valence-corrected chi connectivity index (χ0v) is 17.2. The molecule has 152 valence electrons. The molecule has 1 aliphatic rings. The van der Waals surface area contributed by atoms with E-state index < -0.39 is 0 Å². The summed E-state index contributed by atoms with van der Waals surface area (Å²) in [6.07, 6.45) is 1.09. The van der Waals surface area contributed by atoms with Gasteiger partial charge in [-0.25, -0.2) is 4.79 Å². The molecule has 2 atom stereocenters. The minimum Gasteiger partial charge on any atom is -0.482 e. The van der Waals surface area contributed by atoms with Gasteiger partial charge in [0.2, 0.25) is 0 Å². The molecule has 2 aromatic rings. The molecule has 0 amide bonds. The van der Waals surface area contributed by atoms with Gasteiger partial charge < -0.3 is 14.2 Å². The number of benzene rings is 2. The topological polar surface area (TPSA) is 48.0 Å². The van der Waals surface area contributed by atoms with E-state index in [0.717, 1.165) is 26.1 Å². The maximum Gasteiger partial charge on any atom is 0.343 e. The van der Waals surface area contributed by atoms with E-state index in [2.05, 4.69) is 53.0 Å². The molecule has 0 bridgehead atoms. The molecule has 1 heterocycles. The quantitative estimate of drug-likeness (QED) is 0.658. The Morgan fingerprint density at radius 1 is 1.18 bits per heavy atom. The van der Waals surface area contributed by atoms with Crippen molar-refractivity contribution < 1.29 is 19.0 Å². The van der Waals surface area contributed by atoms with Crippen molar-refractivity contribution in [3.05, 3.63) is 65.7 Å². The van der Waals surface area contributed by atoms with Crippen molar-refractivity contribution in [3.8, 4) is 5.75 Å². The van der Waals surface area contributed by atoms with Gasteiger partial charge in [-0.15, -0.1) is 12.4 Å². The van der Waals surface area contributed by atoms with E-state index in [1.807, 2.05) is 18.2 Å². The van der Waals surface area contributed by atoms with Gasteiger partial charge in [-0.2, -0.15) is 0 Å². The summed E-state index contributed by atoms with van der Waals surface area (Å²) in [7, 11) is 1.35. The summed E-state index contributed by atoms with van der Waals surface area (Å²) in [6, 6.07) is 18.7. The molecule has 0 aromatic heterocycles. The van der Waals surface area contributed by atoms with Gasteiger partial charge in [0.25, 0.3) is 0 Å². The van der Waals surface area contributed by atoms with Crippen molar-refractivity contribution in [2.75, 3.05) is 33.4 Å². The fourth-order valence-electron chi connectivity index (χ4n) is 3.33. The Bertz CT molecular complexity index is 723. The zero-order valence-electron chi connectivity index (χ0n) is 16.4. The molecule has 6 heteroatoms. The van der Waals surface area contributed by atoms with Gasteiger partial charge >= 0.3 is 5.97 Å². The summed E-state index contributed by atoms with van der Waals surface area (Å²) in [5.41, 5.74) is 2.48. The number of carbonyl (C=O) groups is 1. The van der Waals surface area contributed by atoms with E-state index in [1.165, 1.54) is 18.2 Å². The van der Waals surface area contributed by atoms with Crippen LogP contribution in [0.2, 0.25) is 0 Å². The summed E-state index contributed by atoms with van der Waals surface area (Å²) in [5.74, 6) is 0.292. The third kappa shape index (κ3) is 6.23. The summed E-state index contributed by atoms with van der Waals surface area (Å²) >= 11 is 0. The number of methoxy groups -OCH3 is 1. The summed E-state index contributed by atoms with van der Waals surface area (Å²) < 4.78 is 15.9. The number of halogens is 1. The Balaban J connectivity index is 0.00000280. The second kappa shape index (κ2) is 11.1. The fourth-order valence-corrected chi connectivity index (χ4v) is 3.33. The SMILES string of the molecule is COC(=O)COc1ccc(CC(C)N2CCOC(c3ccccc3)C2)cc1.Cl. The second-order valence-corrected chi connectivity index (χ2v) is 6.83. The van der Waals surface area contributed by atoms with Crippen LogP contribution in [-0.4, -0.2) is 50.3 Å². The van der Waals surface area contributed by atoms with Gasteiger partial charge in [-0.1, -0.05) is 42.5 Å². The molecule has 0 saturated carbocycles. The van der Waals surface area contributed by atoms with E-state index in [1.54, 1.807) is 0 Å². The monoisotopic (exact) mass is 405 g/mol. The number of ether oxygens (including phenoxy) is 3. The first-order valence-electron chi connectivity index (χ1n) is 9.35. The van der Waals surface area contributed by atoms with E-state index in [9.17, 15) is 4.79 Å². The van der Waals surface area contributed by atoms with Crippen LogP contribution in [-0.2, 0) is 20.7 Å². The van der Waals surface area contributed by atoms with Crippen LogP contribution < -0.4 is 4.74 Å². The molecule has 5 nitrogen and oxygen atoms in total. The lowest BCUT2D eigenvalue weighted by Crippen LogP contribution is -2.44. The van der Waals surface area contributed by atoms with E-state index >= 15 is 0 Å². The maximum atomic E-state index is 11.1. The summed E-state index contributed by atoms with van der Waals surface area (Å²) in [5, 5.41) is 0. The van der Waals surface area contributed by atoms with Gasteiger partial charge in [0.15, 0.2) is 6.61 Å². The highest BCUT2D eigenvalue weighted by molar-refractivity contribution is 5.85. The molecule has 0 aliphatic carbocycles. The van der Waals surface area contributed by atoms with E-state index in [-0.39, 0.29) is 31.1 Å². The molecule has 0 radical (unpaired) electrons. The van der Waals surface area contributed by atoms with Crippen molar-refractivity contribution in [1.29, 1.82) is 0 Å². The molecule has 1 fully saturated rings. The number of morpholine rings is 1. The Morgan fingerprint density at radius 3 is 2.57 bits per heavy atom. The molecule has 0 spiro atoms. The first kappa shape index (κ1) is 22.2. The number of rotatable bonds is 7. The number of esters is 1. The number of hydrogen-bond donors (Lipinski definition) is 0. The number of carbonyl (C=O) groups excluding carboxylic acids is 1. The Morgan fingerprint density at radius 2 is 1.89 bits per heavy atom. The van der Waals surface area contributed by atoms with Gasteiger partial charge in [0.05, 0.1) is 19.8 Å². The molecular weight excluding hydrogens is 378 g/mol. The van der Waals surface area contributed by atoms with E-state index in [0.29, 0.717) is 11.8 Å². The van der Waals surface area contributed by atoms with Gasteiger partial charge in [0, 0.05) is 19.1 Å². The minimum absolute atomic E-state index is 0. The van der Waals surface area contributed by atoms with Crippen molar-refractivity contribution >= 4 is 18.4 Å². The molecule has 2 aromatic carbocycles. The van der Waals surface area contributed by atoms with Crippen molar-refractivity contribution in [1.82, 2.24) is 4.90 Å². The van der Waals surface area contributed by atoms with E-state index in [4.69, 9.17) is 9.47 Å². The lowest BCUT2D eigenvalue weighted by Gasteiger charge is -2.37. The molecule has 1 saturated heterocycles. The highest BCUT2D eigenvalue weighted by Crippen LogP contribution is 2.24. The normalized spacial score (nSPS) is 18.0. The van der Waals surface area contributed by atoms with Crippen LogP contribution >= 0.6 is 12.4 Å². The molecule has 1 aliphatic heterocycles. The van der Waals surface area contributed by atoms with Gasteiger partial charge in [0.1, 0.15) is 5.75 Å². The number of nitrogens with zero attached hydrogens (tertiary/aromatic N) is 1. The van der Waals surface area contributed by atoms with Crippen LogP contribution in [0.1, 0.15) is 24.2 Å². The third-order valence-corrected chi connectivity index (χ3v) is 4.93. The molecule has 0 N–H and O–H groups in total. The van der Waals surface area contributed by atoms with Crippen LogP contribution in [0.15, 0.2) is 54.6 Å². The molecule has 2 unspecified atom stereocenters. The smallest absolute Gasteiger partial charge is 0.343 e. The second-order valence-electron chi connectivity index (χ2n) is 6.83. The average Bonchev–Trinajstić information content (AvgIpc) is 2.73. The maximum absolute atomic E-state index is 11.1. The predicted molar refractivity (Wildman–Crippen MR) is 111 cm³/mol. The lowest BCUT2D eigenvalue weighted by molar-refractivity contribution is -0.142. The zero-order chi connectivity index (χ0) is 19.1. The average molecular weight is 406 g/mol. The van der Waals surface area contributed by atoms with Crippen LogP contribution in [0.4, 0.5) is 0 Å². The van der Waals surface area contributed by atoms with Crippen molar-refractivity contribution in [3.63, 3.8) is 0 Å². The Kier molecular flexibility index (Phi) is 8.77. The Labute approximate surface area is 173 Å². The molecule has 3 rings (SSSR count). The first-order valence-corrected chi connectivity index (χ1v) is 9.35. The van der Waals surface area contributed by atoms with Crippen LogP contribution in [0.3, 0.4) is 0 Å². The lowest BCUT2D eigenvalue weighted by atomic mass is 10.0. The fraction of sp³-hybridized carbons (Fsp3) is 0.409. The standard InChI is InChI=1S/C22H27NO4.ClH/c1-17(14-18-8-10-20(11-9-18)27-16-22(24)25-2)23-12-13-26-21(15-23)19-6-4-3-5-7-19;/h3-11,17,21H,12-16H2,1-2H3;1H.